The summed E-state index contributed by atoms with van der Waals surface area (Å²) in [6.45, 7) is 6.89. The Morgan fingerprint density at radius 1 is 1.50 bits per heavy atom. The molecule has 1 amide bonds. The Morgan fingerprint density at radius 2 is 2.14 bits per heavy atom. The molecule has 0 aliphatic heterocycles. The SMILES string of the molecule is CCCn1nc(C(N)=O)c(C)c1CC. The van der Waals surface area contributed by atoms with Gasteiger partial charge < -0.3 is 5.73 Å². The van der Waals surface area contributed by atoms with Gasteiger partial charge in [-0.3, -0.25) is 9.48 Å². The first-order chi connectivity index (χ1) is 6.61. The van der Waals surface area contributed by atoms with Crippen molar-refractivity contribution in [3.8, 4) is 0 Å². The van der Waals surface area contributed by atoms with Gasteiger partial charge in [-0.05, 0) is 19.8 Å². The van der Waals surface area contributed by atoms with Crippen LogP contribution in [0.2, 0.25) is 0 Å². The molecule has 1 aromatic heterocycles. The van der Waals surface area contributed by atoms with Crippen LogP contribution in [0.25, 0.3) is 0 Å². The van der Waals surface area contributed by atoms with E-state index >= 15 is 0 Å². The fourth-order valence-electron chi connectivity index (χ4n) is 1.66. The van der Waals surface area contributed by atoms with Gasteiger partial charge in [0.15, 0.2) is 5.69 Å². The van der Waals surface area contributed by atoms with Gasteiger partial charge in [0.25, 0.3) is 5.91 Å². The summed E-state index contributed by atoms with van der Waals surface area (Å²) < 4.78 is 1.88. The first-order valence-electron chi connectivity index (χ1n) is 4.97. The molecule has 2 N–H and O–H groups in total. The van der Waals surface area contributed by atoms with E-state index < -0.39 is 5.91 Å². The maximum absolute atomic E-state index is 11.1. The van der Waals surface area contributed by atoms with Crippen molar-refractivity contribution in [1.29, 1.82) is 0 Å². The molecular weight excluding hydrogens is 178 g/mol. The molecule has 0 radical (unpaired) electrons. The van der Waals surface area contributed by atoms with Crippen molar-refractivity contribution < 1.29 is 4.79 Å². The van der Waals surface area contributed by atoms with Crippen LogP contribution in [0.1, 0.15) is 42.0 Å². The zero-order valence-electron chi connectivity index (χ0n) is 9.00. The quantitative estimate of drug-likeness (QED) is 0.786. The number of aryl methyl sites for hydroxylation is 1. The molecule has 0 unspecified atom stereocenters. The summed E-state index contributed by atoms with van der Waals surface area (Å²) in [5.41, 5.74) is 7.68. The first kappa shape index (κ1) is 10.8. The Bertz CT molecular complexity index is 341. The molecule has 4 nitrogen and oxygen atoms in total. The van der Waals surface area contributed by atoms with Crippen LogP contribution in [0.3, 0.4) is 0 Å². The summed E-state index contributed by atoms with van der Waals surface area (Å²) in [7, 11) is 0. The van der Waals surface area contributed by atoms with E-state index in [0.717, 1.165) is 30.6 Å². The highest BCUT2D eigenvalue weighted by molar-refractivity contribution is 5.92. The molecule has 4 heteroatoms. The molecule has 0 aromatic carbocycles. The smallest absolute Gasteiger partial charge is 0.269 e. The minimum atomic E-state index is -0.438. The van der Waals surface area contributed by atoms with E-state index in [4.69, 9.17) is 5.73 Å². The van der Waals surface area contributed by atoms with Gasteiger partial charge in [-0.2, -0.15) is 5.10 Å². The number of hydrogen-bond acceptors (Lipinski definition) is 2. The van der Waals surface area contributed by atoms with E-state index in [2.05, 4.69) is 18.9 Å². The largest absolute Gasteiger partial charge is 0.364 e. The maximum Gasteiger partial charge on any atom is 0.269 e. The van der Waals surface area contributed by atoms with Gasteiger partial charge in [0.1, 0.15) is 0 Å². The Balaban J connectivity index is 3.17. The van der Waals surface area contributed by atoms with Crippen molar-refractivity contribution in [2.45, 2.75) is 40.2 Å². The average Bonchev–Trinajstić information content (AvgIpc) is 2.43. The first-order valence-corrected chi connectivity index (χ1v) is 4.97. The zero-order valence-corrected chi connectivity index (χ0v) is 9.00. The van der Waals surface area contributed by atoms with Crippen molar-refractivity contribution in [1.82, 2.24) is 9.78 Å². The number of carbonyl (C=O) groups is 1. The third-order valence-electron chi connectivity index (χ3n) is 2.32. The van der Waals surface area contributed by atoms with Crippen LogP contribution in [-0.4, -0.2) is 15.7 Å². The maximum atomic E-state index is 11.1. The van der Waals surface area contributed by atoms with Gasteiger partial charge in [0.2, 0.25) is 0 Å². The lowest BCUT2D eigenvalue weighted by atomic mass is 10.1. The summed E-state index contributed by atoms with van der Waals surface area (Å²) in [4.78, 5) is 11.1. The van der Waals surface area contributed by atoms with Crippen LogP contribution in [0.4, 0.5) is 0 Å². The minimum absolute atomic E-state index is 0.412. The van der Waals surface area contributed by atoms with Crippen LogP contribution in [0.15, 0.2) is 0 Å². The number of rotatable bonds is 4. The van der Waals surface area contributed by atoms with E-state index in [1.54, 1.807) is 0 Å². The topological polar surface area (TPSA) is 60.9 Å². The van der Waals surface area contributed by atoms with Crippen LogP contribution in [0.5, 0.6) is 0 Å². The number of amides is 1. The Hall–Kier alpha value is -1.32. The average molecular weight is 195 g/mol. The van der Waals surface area contributed by atoms with Crippen molar-refractivity contribution in [2.75, 3.05) is 0 Å². The van der Waals surface area contributed by atoms with Crippen LogP contribution < -0.4 is 5.73 Å². The van der Waals surface area contributed by atoms with E-state index in [1.165, 1.54) is 0 Å². The third kappa shape index (κ3) is 1.78. The number of primary amides is 1. The van der Waals surface area contributed by atoms with E-state index in [9.17, 15) is 4.79 Å². The Kier molecular flexibility index (Phi) is 3.28. The number of nitrogens with two attached hydrogens (primary N) is 1. The zero-order chi connectivity index (χ0) is 10.7. The molecule has 0 saturated heterocycles. The number of carbonyl (C=O) groups excluding carboxylic acids is 1. The van der Waals surface area contributed by atoms with Crippen molar-refractivity contribution >= 4 is 5.91 Å². The molecule has 14 heavy (non-hydrogen) atoms. The van der Waals surface area contributed by atoms with Crippen molar-refractivity contribution in [2.24, 2.45) is 5.73 Å². The third-order valence-corrected chi connectivity index (χ3v) is 2.32. The second-order valence-corrected chi connectivity index (χ2v) is 3.36. The Labute approximate surface area is 84.1 Å². The highest BCUT2D eigenvalue weighted by Crippen LogP contribution is 2.13. The monoisotopic (exact) mass is 195 g/mol. The summed E-state index contributed by atoms with van der Waals surface area (Å²) in [5.74, 6) is -0.438. The number of nitrogens with zero attached hydrogens (tertiary/aromatic N) is 2. The summed E-state index contributed by atoms with van der Waals surface area (Å²) in [6.07, 6.45) is 1.89. The van der Waals surface area contributed by atoms with Gasteiger partial charge in [0, 0.05) is 17.8 Å². The second kappa shape index (κ2) is 4.26. The van der Waals surface area contributed by atoms with E-state index in [1.807, 2.05) is 11.6 Å². The molecule has 78 valence electrons. The molecule has 0 aliphatic carbocycles. The predicted molar refractivity (Wildman–Crippen MR) is 55.2 cm³/mol. The minimum Gasteiger partial charge on any atom is -0.364 e. The lowest BCUT2D eigenvalue weighted by molar-refractivity contribution is 0.0994. The van der Waals surface area contributed by atoms with E-state index in [-0.39, 0.29) is 0 Å². The predicted octanol–water partition coefficient (Wildman–Crippen LogP) is 1.26. The summed E-state index contributed by atoms with van der Waals surface area (Å²) in [5, 5.41) is 4.21. The van der Waals surface area contributed by atoms with Gasteiger partial charge in [-0.15, -0.1) is 0 Å². The van der Waals surface area contributed by atoms with Gasteiger partial charge in [-0.25, -0.2) is 0 Å². The van der Waals surface area contributed by atoms with Crippen molar-refractivity contribution in [3.63, 3.8) is 0 Å². The van der Waals surface area contributed by atoms with Crippen molar-refractivity contribution in [3.05, 3.63) is 17.0 Å². The fourth-order valence-corrected chi connectivity index (χ4v) is 1.66. The second-order valence-electron chi connectivity index (χ2n) is 3.36. The lowest BCUT2D eigenvalue weighted by Crippen LogP contribution is -2.13. The van der Waals surface area contributed by atoms with Gasteiger partial charge in [-0.1, -0.05) is 13.8 Å². The van der Waals surface area contributed by atoms with E-state index in [0.29, 0.717) is 5.69 Å². The lowest BCUT2D eigenvalue weighted by Gasteiger charge is -2.03. The number of aromatic nitrogens is 2. The molecule has 0 fully saturated rings. The summed E-state index contributed by atoms with van der Waals surface area (Å²) in [6, 6.07) is 0. The molecule has 0 bridgehead atoms. The number of hydrogen-bond donors (Lipinski definition) is 1. The highest BCUT2D eigenvalue weighted by atomic mass is 16.1. The molecule has 0 spiro atoms. The van der Waals surface area contributed by atoms with Gasteiger partial charge >= 0.3 is 0 Å². The molecule has 1 heterocycles. The molecule has 0 saturated carbocycles. The standard InChI is InChI=1S/C10H17N3O/c1-4-6-13-8(5-2)7(3)9(12-13)10(11)14/h4-6H2,1-3H3,(H2,11,14). The molecule has 1 aromatic rings. The molecule has 1 rings (SSSR count). The molecule has 0 atom stereocenters. The molecular formula is C10H17N3O. The molecule has 0 aliphatic rings. The van der Waals surface area contributed by atoms with Gasteiger partial charge in [0.05, 0.1) is 0 Å². The fraction of sp³-hybridized carbons (Fsp3) is 0.600. The highest BCUT2D eigenvalue weighted by Gasteiger charge is 2.15. The van der Waals surface area contributed by atoms with Crippen LogP contribution in [0, 0.1) is 6.92 Å². The summed E-state index contributed by atoms with van der Waals surface area (Å²) >= 11 is 0. The van der Waals surface area contributed by atoms with Crippen LogP contribution in [-0.2, 0) is 13.0 Å². The normalized spacial score (nSPS) is 10.5. The Morgan fingerprint density at radius 3 is 2.57 bits per heavy atom. The van der Waals surface area contributed by atoms with Crippen LogP contribution >= 0.6 is 0 Å².